The number of nitrogens with one attached hydrogen (secondary N) is 2. The van der Waals surface area contributed by atoms with Crippen molar-refractivity contribution in [3.8, 4) is 0 Å². The monoisotopic (exact) mass is 463 g/mol. The largest absolute Gasteiger partial charge is 0.389 e. The van der Waals surface area contributed by atoms with Crippen molar-refractivity contribution in [2.24, 2.45) is 0 Å². The Bertz CT molecular complexity index is 785. The van der Waals surface area contributed by atoms with Gasteiger partial charge in [0.1, 0.15) is 0 Å². The van der Waals surface area contributed by atoms with Crippen molar-refractivity contribution >= 4 is 16.1 Å². The molecule has 1 aromatic carbocycles. The van der Waals surface area contributed by atoms with Gasteiger partial charge in [0.05, 0.1) is 4.90 Å². The Morgan fingerprint density at radius 3 is 1.73 bits per heavy atom. The zero-order valence-electron chi connectivity index (χ0n) is 16.3. The minimum absolute atomic E-state index is 0.152. The minimum atomic E-state index is -4.49. The van der Waals surface area contributed by atoms with Crippen molar-refractivity contribution in [2.45, 2.75) is 56.8 Å². The summed E-state index contributed by atoms with van der Waals surface area (Å²) in [5.41, 5.74) is 3.12. The Hall–Kier alpha value is -2.02. The van der Waals surface area contributed by atoms with E-state index in [9.17, 15) is 39.6 Å². The Morgan fingerprint density at radius 2 is 1.33 bits per heavy atom. The van der Waals surface area contributed by atoms with Crippen molar-refractivity contribution in [3.05, 3.63) is 29.3 Å². The smallest absolute Gasteiger partial charge is 0.324 e. The summed E-state index contributed by atoms with van der Waals surface area (Å²) in [4.78, 5) is 14.6. The van der Waals surface area contributed by atoms with Crippen LogP contribution in [0.1, 0.15) is 36.8 Å². The number of halogens is 6. The summed E-state index contributed by atoms with van der Waals surface area (Å²) in [6.45, 7) is 2.34. The summed E-state index contributed by atoms with van der Waals surface area (Å²) < 4.78 is 98.5. The maximum Gasteiger partial charge on any atom is 0.389 e. The summed E-state index contributed by atoms with van der Waals surface area (Å²) in [6, 6.07) is 3.26. The molecule has 13 heteroatoms. The maximum absolute atomic E-state index is 12.3. The number of hydrogen-bond donors (Lipinski definition) is 2. The standard InChI is InChI=1S/C17H23F6N3O3S/c1-12-9-13(2)11-14(10-12)30(28,29)25-24-15(27)26(7-3-5-16(18,19)20)8-4-6-17(21,22)23/h9-11,25H,3-8H2,1-2H3,(H,24,27). The topological polar surface area (TPSA) is 78.5 Å². The predicted molar refractivity (Wildman–Crippen MR) is 96.9 cm³/mol. The maximum atomic E-state index is 12.3. The number of amides is 2. The fraction of sp³-hybridized carbons (Fsp3) is 0.588. The van der Waals surface area contributed by atoms with Gasteiger partial charge in [-0.25, -0.2) is 13.2 Å². The average molecular weight is 463 g/mol. The van der Waals surface area contributed by atoms with Crippen LogP contribution in [0.2, 0.25) is 0 Å². The summed E-state index contributed by atoms with van der Waals surface area (Å²) >= 11 is 0. The molecule has 0 saturated carbocycles. The number of rotatable bonds is 9. The van der Waals surface area contributed by atoms with Gasteiger partial charge in [0.25, 0.3) is 10.0 Å². The molecule has 1 rings (SSSR count). The zero-order chi connectivity index (χ0) is 23.2. The second-order valence-electron chi connectivity index (χ2n) is 6.78. The molecule has 0 unspecified atom stereocenters. The van der Waals surface area contributed by atoms with Crippen molar-refractivity contribution in [1.82, 2.24) is 15.2 Å². The van der Waals surface area contributed by atoms with E-state index in [0.717, 1.165) is 0 Å². The minimum Gasteiger partial charge on any atom is -0.324 e. The van der Waals surface area contributed by atoms with Gasteiger partial charge >= 0.3 is 18.4 Å². The molecular weight excluding hydrogens is 440 g/mol. The molecule has 2 N–H and O–H groups in total. The normalized spacial score (nSPS) is 12.7. The molecule has 172 valence electrons. The SMILES string of the molecule is Cc1cc(C)cc(S(=O)(=O)NNC(=O)N(CCCC(F)(F)F)CCCC(F)(F)F)c1. The molecule has 0 bridgehead atoms. The molecule has 0 radical (unpaired) electrons. The van der Waals surface area contributed by atoms with Crippen LogP contribution >= 0.6 is 0 Å². The summed E-state index contributed by atoms with van der Waals surface area (Å²) in [7, 11) is -4.19. The number of alkyl halides is 6. The molecule has 0 aromatic heterocycles. The zero-order valence-corrected chi connectivity index (χ0v) is 17.1. The van der Waals surface area contributed by atoms with Gasteiger partial charge in [-0.1, -0.05) is 6.07 Å². The lowest BCUT2D eigenvalue weighted by atomic mass is 10.2. The van der Waals surface area contributed by atoms with E-state index in [4.69, 9.17) is 0 Å². The molecular formula is C17H23F6N3O3S. The van der Waals surface area contributed by atoms with Crippen LogP contribution in [0.25, 0.3) is 0 Å². The molecule has 0 aliphatic carbocycles. The van der Waals surface area contributed by atoms with Crippen LogP contribution in [-0.4, -0.2) is 44.8 Å². The van der Waals surface area contributed by atoms with Gasteiger partial charge in [0.15, 0.2) is 0 Å². The van der Waals surface area contributed by atoms with Crippen LogP contribution in [0.3, 0.4) is 0 Å². The van der Waals surface area contributed by atoms with Gasteiger partial charge in [-0.05, 0) is 49.9 Å². The van der Waals surface area contributed by atoms with Crippen LogP contribution in [-0.2, 0) is 10.0 Å². The van der Waals surface area contributed by atoms with E-state index >= 15 is 0 Å². The van der Waals surface area contributed by atoms with Gasteiger partial charge in [0.2, 0.25) is 0 Å². The van der Waals surface area contributed by atoms with E-state index < -0.39 is 67.2 Å². The van der Waals surface area contributed by atoms with Crippen molar-refractivity contribution in [1.29, 1.82) is 0 Å². The van der Waals surface area contributed by atoms with Crippen LogP contribution in [0.4, 0.5) is 31.1 Å². The fourth-order valence-corrected chi connectivity index (χ4v) is 3.61. The number of nitrogens with zero attached hydrogens (tertiary/aromatic N) is 1. The van der Waals surface area contributed by atoms with E-state index in [1.54, 1.807) is 19.9 Å². The number of carbonyl (C=O) groups is 1. The third kappa shape index (κ3) is 10.1. The van der Waals surface area contributed by atoms with Crippen LogP contribution < -0.4 is 10.3 Å². The fourth-order valence-electron chi connectivity index (χ4n) is 2.59. The highest BCUT2D eigenvalue weighted by Gasteiger charge is 2.29. The molecule has 0 atom stereocenters. The second-order valence-corrected chi connectivity index (χ2v) is 8.47. The first-order valence-corrected chi connectivity index (χ1v) is 10.4. The summed E-state index contributed by atoms with van der Waals surface area (Å²) in [5, 5.41) is 0. The Kier molecular flexibility index (Phi) is 8.96. The molecule has 0 saturated heterocycles. The number of hydrogen-bond acceptors (Lipinski definition) is 3. The third-order valence-electron chi connectivity index (χ3n) is 3.86. The highest BCUT2D eigenvalue weighted by molar-refractivity contribution is 7.89. The number of sulfonamides is 1. The molecule has 0 aliphatic heterocycles. The number of urea groups is 1. The Balaban J connectivity index is 2.78. The Labute approximate surface area is 170 Å². The average Bonchev–Trinajstić information content (AvgIpc) is 2.55. The van der Waals surface area contributed by atoms with Gasteiger partial charge in [-0.3, -0.25) is 5.43 Å². The summed E-state index contributed by atoms with van der Waals surface area (Å²) in [5.74, 6) is 0. The van der Waals surface area contributed by atoms with Crippen molar-refractivity contribution < 1.29 is 39.6 Å². The highest BCUT2D eigenvalue weighted by Crippen LogP contribution is 2.23. The van der Waals surface area contributed by atoms with E-state index in [0.29, 0.717) is 16.0 Å². The quantitative estimate of drug-likeness (QED) is 0.426. The number of benzene rings is 1. The van der Waals surface area contributed by atoms with Crippen molar-refractivity contribution in [2.75, 3.05) is 13.1 Å². The van der Waals surface area contributed by atoms with E-state index in [-0.39, 0.29) is 4.90 Å². The van der Waals surface area contributed by atoms with Gasteiger partial charge in [-0.2, -0.15) is 26.3 Å². The second kappa shape index (κ2) is 10.3. The van der Waals surface area contributed by atoms with Crippen LogP contribution in [0.15, 0.2) is 23.1 Å². The highest BCUT2D eigenvalue weighted by atomic mass is 32.2. The van der Waals surface area contributed by atoms with E-state index in [2.05, 4.69) is 0 Å². The van der Waals surface area contributed by atoms with E-state index in [1.807, 2.05) is 10.3 Å². The molecule has 1 aromatic rings. The van der Waals surface area contributed by atoms with Crippen LogP contribution in [0, 0.1) is 13.8 Å². The molecule has 0 heterocycles. The lowest BCUT2D eigenvalue weighted by Gasteiger charge is -2.24. The predicted octanol–water partition coefficient (Wildman–Crippen LogP) is 4.19. The molecule has 0 spiro atoms. The lowest BCUT2D eigenvalue weighted by Crippen LogP contribution is -2.49. The van der Waals surface area contributed by atoms with Gasteiger partial charge < -0.3 is 4.90 Å². The first kappa shape index (κ1) is 26.0. The van der Waals surface area contributed by atoms with E-state index in [1.165, 1.54) is 12.1 Å². The number of hydrazine groups is 1. The first-order valence-electron chi connectivity index (χ1n) is 8.87. The molecule has 6 nitrogen and oxygen atoms in total. The number of carbonyl (C=O) groups excluding carboxylic acids is 1. The molecule has 2 amide bonds. The van der Waals surface area contributed by atoms with Gasteiger partial charge in [0, 0.05) is 25.9 Å². The van der Waals surface area contributed by atoms with Gasteiger partial charge in [-0.15, -0.1) is 4.83 Å². The first-order chi connectivity index (χ1) is 13.6. The number of aryl methyl sites for hydroxylation is 2. The molecule has 0 fully saturated rings. The Morgan fingerprint density at radius 1 is 0.900 bits per heavy atom. The molecule has 0 aliphatic rings. The van der Waals surface area contributed by atoms with Crippen LogP contribution in [0.5, 0.6) is 0 Å². The molecule has 30 heavy (non-hydrogen) atoms. The lowest BCUT2D eigenvalue weighted by molar-refractivity contribution is -0.136. The van der Waals surface area contributed by atoms with Crippen molar-refractivity contribution in [3.63, 3.8) is 0 Å². The third-order valence-corrected chi connectivity index (χ3v) is 5.09. The summed E-state index contributed by atoms with van der Waals surface area (Å²) in [6.07, 6.45) is -12.5.